The molecule has 2 aliphatic rings. The number of hydrogen-bond donors (Lipinski definition) is 0. The zero-order valence-corrected chi connectivity index (χ0v) is 28.0. The molecule has 4 heterocycles. The van der Waals surface area contributed by atoms with Gasteiger partial charge in [0.05, 0.1) is 44.5 Å². The topological polar surface area (TPSA) is 89.0 Å². The molecule has 48 heavy (non-hydrogen) atoms. The van der Waals surface area contributed by atoms with Gasteiger partial charge in [0.2, 0.25) is 5.91 Å². The molecule has 0 radical (unpaired) electrons. The van der Waals surface area contributed by atoms with E-state index in [1.54, 1.807) is 0 Å². The molecular weight excluding hydrogens is 640 g/mol. The third-order valence-corrected chi connectivity index (χ3v) is 10.1. The largest absolute Gasteiger partial charge is 0.355 e. The van der Waals surface area contributed by atoms with E-state index in [0.29, 0.717) is 34.4 Å². The average molecular weight is 675 g/mol. The molecule has 3 aromatic carbocycles. The average Bonchev–Trinajstić information content (AvgIpc) is 3.89. The number of aliphatic imine (C=N–C) groups is 1. The Labute approximate surface area is 289 Å². The SMILES string of the molecule is N#Cc1ccc(CN2C(=O)CN(Cc3cc(-c4ccc(Cl)s4)on3)CC2CN2CCCC2)cc1N=C(c1ccccc1)c1ccccc1. The number of halogens is 1. The molecule has 0 aliphatic carbocycles. The fourth-order valence-electron chi connectivity index (χ4n) is 6.55. The molecule has 2 fully saturated rings. The molecule has 0 N–H and O–H groups in total. The van der Waals surface area contributed by atoms with Crippen LogP contribution in [0.3, 0.4) is 0 Å². The van der Waals surface area contributed by atoms with Gasteiger partial charge in [-0.3, -0.25) is 9.69 Å². The number of rotatable bonds is 10. The number of carbonyl (C=O) groups excluding carboxylic acids is 1. The van der Waals surface area contributed by atoms with Gasteiger partial charge >= 0.3 is 0 Å². The molecule has 8 nitrogen and oxygen atoms in total. The minimum Gasteiger partial charge on any atom is -0.355 e. The lowest BCUT2D eigenvalue weighted by Gasteiger charge is -2.42. The van der Waals surface area contributed by atoms with Crippen molar-refractivity contribution in [2.75, 3.05) is 32.7 Å². The second kappa shape index (κ2) is 14.7. The van der Waals surface area contributed by atoms with Crippen molar-refractivity contribution in [2.45, 2.75) is 32.0 Å². The maximum absolute atomic E-state index is 13.9. The predicted octanol–water partition coefficient (Wildman–Crippen LogP) is 7.41. The number of hydrogen-bond acceptors (Lipinski definition) is 8. The Balaban J connectivity index is 1.14. The number of piperazine rings is 1. The highest BCUT2D eigenvalue weighted by molar-refractivity contribution is 7.19. The third kappa shape index (κ3) is 7.43. The highest BCUT2D eigenvalue weighted by Crippen LogP contribution is 2.32. The van der Waals surface area contributed by atoms with Gasteiger partial charge in [0, 0.05) is 43.4 Å². The van der Waals surface area contributed by atoms with Crippen molar-refractivity contribution in [3.05, 3.63) is 129 Å². The Morgan fingerprint density at radius 3 is 2.33 bits per heavy atom. The van der Waals surface area contributed by atoms with Gasteiger partial charge < -0.3 is 14.3 Å². The minimum absolute atomic E-state index is 0.00128. The molecule has 0 bridgehead atoms. The van der Waals surface area contributed by atoms with Gasteiger partial charge in [0.1, 0.15) is 6.07 Å². The molecule has 1 atom stereocenters. The van der Waals surface area contributed by atoms with E-state index in [-0.39, 0.29) is 18.5 Å². The predicted molar refractivity (Wildman–Crippen MR) is 189 cm³/mol. The molecule has 2 aromatic heterocycles. The van der Waals surface area contributed by atoms with E-state index in [4.69, 9.17) is 21.1 Å². The first-order valence-electron chi connectivity index (χ1n) is 16.2. The Bertz CT molecular complexity index is 1900. The Morgan fingerprint density at radius 1 is 0.938 bits per heavy atom. The zero-order valence-electron chi connectivity index (χ0n) is 26.5. The number of benzene rings is 3. The van der Waals surface area contributed by atoms with Crippen LogP contribution in [0.5, 0.6) is 0 Å². The highest BCUT2D eigenvalue weighted by Gasteiger charge is 2.34. The molecule has 0 saturated carbocycles. The van der Waals surface area contributed by atoms with Crippen molar-refractivity contribution in [3.63, 3.8) is 0 Å². The maximum Gasteiger partial charge on any atom is 0.237 e. The van der Waals surface area contributed by atoms with Crippen molar-refractivity contribution in [2.24, 2.45) is 4.99 Å². The lowest BCUT2D eigenvalue weighted by Crippen LogP contribution is -2.58. The van der Waals surface area contributed by atoms with Crippen molar-refractivity contribution in [1.29, 1.82) is 5.26 Å². The van der Waals surface area contributed by atoms with Gasteiger partial charge in [-0.15, -0.1) is 11.3 Å². The molecular formula is C38H35ClN6O2S. The van der Waals surface area contributed by atoms with Gasteiger partial charge in [-0.25, -0.2) is 4.99 Å². The summed E-state index contributed by atoms with van der Waals surface area (Å²) in [5.74, 6) is 0.755. The summed E-state index contributed by atoms with van der Waals surface area (Å²) in [6.45, 7) is 4.89. The van der Waals surface area contributed by atoms with Crippen LogP contribution in [0.4, 0.5) is 5.69 Å². The van der Waals surface area contributed by atoms with Crippen molar-refractivity contribution >= 4 is 40.2 Å². The first-order chi connectivity index (χ1) is 23.5. The van der Waals surface area contributed by atoms with Crippen LogP contribution < -0.4 is 0 Å². The van der Waals surface area contributed by atoms with Crippen LogP contribution in [0.1, 0.15) is 40.8 Å². The second-order valence-corrected chi connectivity index (χ2v) is 14.0. The smallest absolute Gasteiger partial charge is 0.237 e. The Hall–Kier alpha value is -4.59. The molecule has 2 aliphatic heterocycles. The van der Waals surface area contributed by atoms with Crippen LogP contribution in [-0.2, 0) is 17.9 Å². The third-order valence-electron chi connectivity index (χ3n) is 8.88. The van der Waals surface area contributed by atoms with Gasteiger partial charge in [0.25, 0.3) is 0 Å². The van der Waals surface area contributed by atoms with E-state index in [1.165, 1.54) is 24.2 Å². The van der Waals surface area contributed by atoms with E-state index >= 15 is 0 Å². The van der Waals surface area contributed by atoms with E-state index in [1.807, 2.05) is 102 Å². The Morgan fingerprint density at radius 2 is 1.67 bits per heavy atom. The summed E-state index contributed by atoms with van der Waals surface area (Å²) in [6.07, 6.45) is 2.36. The van der Waals surface area contributed by atoms with Crippen molar-refractivity contribution < 1.29 is 9.32 Å². The minimum atomic E-state index is -0.00128. The van der Waals surface area contributed by atoms with Gasteiger partial charge in [0.15, 0.2) is 5.76 Å². The zero-order chi connectivity index (χ0) is 32.9. The van der Waals surface area contributed by atoms with E-state index < -0.39 is 0 Å². The molecule has 7 rings (SSSR count). The molecule has 1 amide bonds. The Kier molecular flexibility index (Phi) is 9.77. The number of amides is 1. The van der Waals surface area contributed by atoms with Crippen LogP contribution in [0.2, 0.25) is 4.34 Å². The highest BCUT2D eigenvalue weighted by atomic mass is 35.5. The number of carbonyl (C=O) groups is 1. The summed E-state index contributed by atoms with van der Waals surface area (Å²) in [4.78, 5) is 26.6. The van der Waals surface area contributed by atoms with Gasteiger partial charge in [-0.05, 0) is 55.8 Å². The summed E-state index contributed by atoms with van der Waals surface area (Å²) < 4.78 is 6.32. The summed E-state index contributed by atoms with van der Waals surface area (Å²) in [6, 6.07) is 33.8. The normalized spacial score (nSPS) is 17.0. The van der Waals surface area contributed by atoms with E-state index in [0.717, 1.165) is 59.2 Å². The van der Waals surface area contributed by atoms with Crippen LogP contribution in [-0.4, -0.2) is 70.2 Å². The fourth-order valence-corrected chi connectivity index (χ4v) is 7.54. The van der Waals surface area contributed by atoms with Gasteiger partial charge in [-0.2, -0.15) is 5.26 Å². The van der Waals surface area contributed by atoms with Gasteiger partial charge in [-0.1, -0.05) is 83.5 Å². The van der Waals surface area contributed by atoms with E-state index in [9.17, 15) is 10.1 Å². The molecule has 242 valence electrons. The molecule has 1 unspecified atom stereocenters. The fraction of sp³-hybridized carbons (Fsp3) is 0.263. The van der Waals surface area contributed by atoms with E-state index in [2.05, 4.69) is 21.0 Å². The summed E-state index contributed by atoms with van der Waals surface area (Å²) in [7, 11) is 0. The summed E-state index contributed by atoms with van der Waals surface area (Å²) >= 11 is 7.57. The molecule has 0 spiro atoms. The first-order valence-corrected chi connectivity index (χ1v) is 17.4. The monoisotopic (exact) mass is 674 g/mol. The number of nitriles is 1. The number of likely N-dealkylation sites (tertiary alicyclic amines) is 1. The first kappa shape index (κ1) is 32.0. The second-order valence-electron chi connectivity index (χ2n) is 12.3. The lowest BCUT2D eigenvalue weighted by atomic mass is 10.0. The number of aromatic nitrogens is 1. The van der Waals surface area contributed by atoms with Crippen LogP contribution >= 0.6 is 22.9 Å². The molecule has 10 heteroatoms. The standard InChI is InChI=1S/C38H35ClN6O2S/c39-36-16-15-35(48-36)34-20-31(42-47-34)23-44-25-32(24-43-17-7-8-18-43)45(37(46)26-44)22-27-13-14-30(21-40)33(19-27)41-38(28-9-3-1-4-10-28)29-11-5-2-6-12-29/h1-6,9-16,19-20,32H,7-8,17-18,22-26H2. The van der Waals surface area contributed by atoms with Crippen LogP contribution in [0.15, 0.2) is 107 Å². The lowest BCUT2D eigenvalue weighted by molar-refractivity contribution is -0.141. The summed E-state index contributed by atoms with van der Waals surface area (Å²) in [5, 5.41) is 14.3. The quantitative estimate of drug-likeness (QED) is 0.143. The molecule has 2 saturated heterocycles. The maximum atomic E-state index is 13.9. The number of nitrogens with zero attached hydrogens (tertiary/aromatic N) is 6. The van der Waals surface area contributed by atoms with Crippen molar-refractivity contribution in [1.82, 2.24) is 19.9 Å². The number of thiophene rings is 1. The summed E-state index contributed by atoms with van der Waals surface area (Å²) in [5.41, 5.74) is 5.54. The van der Waals surface area contributed by atoms with Crippen LogP contribution in [0, 0.1) is 11.3 Å². The van der Waals surface area contributed by atoms with Crippen LogP contribution in [0.25, 0.3) is 10.6 Å². The van der Waals surface area contributed by atoms with Crippen molar-refractivity contribution in [3.8, 4) is 16.7 Å². The molecule has 5 aromatic rings.